The zero-order chi connectivity index (χ0) is 16.0. The van der Waals surface area contributed by atoms with Crippen LogP contribution in [0.3, 0.4) is 0 Å². The van der Waals surface area contributed by atoms with Gasteiger partial charge >= 0.3 is 6.09 Å². The summed E-state index contributed by atoms with van der Waals surface area (Å²) in [5.74, 6) is -0.317. The Labute approximate surface area is 137 Å². The summed E-state index contributed by atoms with van der Waals surface area (Å²) in [6.45, 7) is 3.61. The topological polar surface area (TPSA) is 58.6 Å². The van der Waals surface area contributed by atoms with Gasteiger partial charge in [0, 0.05) is 17.4 Å². The van der Waals surface area contributed by atoms with Gasteiger partial charge < -0.3 is 10.2 Å². The molecular formula is C14H18BrClN2O3. The molecule has 116 valence electrons. The van der Waals surface area contributed by atoms with Gasteiger partial charge in [0.05, 0.1) is 12.0 Å². The van der Waals surface area contributed by atoms with Crippen LogP contribution in [0.25, 0.3) is 0 Å². The van der Waals surface area contributed by atoms with Crippen molar-refractivity contribution >= 4 is 39.5 Å². The highest BCUT2D eigenvalue weighted by Crippen LogP contribution is 2.25. The summed E-state index contributed by atoms with van der Waals surface area (Å²) in [6, 6.07) is 7.09. The van der Waals surface area contributed by atoms with Crippen LogP contribution in [0.2, 0.25) is 5.02 Å². The minimum atomic E-state index is -0.713. The van der Waals surface area contributed by atoms with Crippen molar-refractivity contribution in [2.75, 3.05) is 12.4 Å². The van der Waals surface area contributed by atoms with E-state index in [2.05, 4.69) is 21.2 Å². The van der Waals surface area contributed by atoms with Crippen molar-refractivity contribution in [3.8, 4) is 0 Å². The molecule has 0 radical (unpaired) electrons. The Morgan fingerprint density at radius 3 is 2.52 bits per heavy atom. The standard InChI is InChI=1S/C14H18BrClN2O3/c1-14(2,9-15)12(19)18(21-13(20)17-3)8-10-6-4-5-7-11(10)16/h4-7H,8-9H2,1-3H3,(H,17,20). The number of carbonyl (C=O) groups excluding carboxylic acids is 2. The maximum atomic E-state index is 12.5. The lowest BCUT2D eigenvalue weighted by atomic mass is 9.95. The highest BCUT2D eigenvalue weighted by Gasteiger charge is 2.33. The molecule has 21 heavy (non-hydrogen) atoms. The van der Waals surface area contributed by atoms with Crippen LogP contribution in [0.4, 0.5) is 4.79 Å². The number of rotatable bonds is 4. The van der Waals surface area contributed by atoms with Crippen LogP contribution >= 0.6 is 27.5 Å². The van der Waals surface area contributed by atoms with E-state index in [1.807, 2.05) is 0 Å². The highest BCUT2D eigenvalue weighted by atomic mass is 79.9. The lowest BCUT2D eigenvalue weighted by Crippen LogP contribution is -2.44. The molecule has 0 saturated heterocycles. The number of nitrogens with one attached hydrogen (secondary N) is 1. The first kappa shape index (κ1) is 17.8. The lowest BCUT2D eigenvalue weighted by Gasteiger charge is -2.29. The van der Waals surface area contributed by atoms with Crippen molar-refractivity contribution < 1.29 is 14.4 Å². The van der Waals surface area contributed by atoms with Gasteiger partial charge in [0.25, 0.3) is 5.91 Å². The Kier molecular flexibility index (Phi) is 6.48. The SMILES string of the molecule is CNC(=O)ON(Cc1ccccc1Cl)C(=O)C(C)(C)CBr. The molecule has 0 unspecified atom stereocenters. The first-order valence-corrected chi connectivity index (χ1v) is 7.82. The molecule has 0 saturated carbocycles. The minimum absolute atomic E-state index is 0.0857. The van der Waals surface area contributed by atoms with Gasteiger partial charge in [-0.1, -0.05) is 59.6 Å². The van der Waals surface area contributed by atoms with E-state index >= 15 is 0 Å². The van der Waals surface area contributed by atoms with Crippen LogP contribution in [0.5, 0.6) is 0 Å². The molecule has 0 atom stereocenters. The first-order valence-electron chi connectivity index (χ1n) is 6.33. The molecule has 2 amide bonds. The zero-order valence-electron chi connectivity index (χ0n) is 12.2. The molecular weight excluding hydrogens is 360 g/mol. The average molecular weight is 378 g/mol. The van der Waals surface area contributed by atoms with Gasteiger partial charge in [-0.3, -0.25) is 4.79 Å². The average Bonchev–Trinajstić information content (AvgIpc) is 2.47. The fourth-order valence-corrected chi connectivity index (χ4v) is 1.90. The lowest BCUT2D eigenvalue weighted by molar-refractivity contribution is -0.177. The molecule has 0 bridgehead atoms. The van der Waals surface area contributed by atoms with Crippen LogP contribution in [0.1, 0.15) is 19.4 Å². The second-order valence-corrected chi connectivity index (χ2v) is 6.05. The third-order valence-corrected chi connectivity index (χ3v) is 4.58. The Morgan fingerprint density at radius 2 is 2.00 bits per heavy atom. The molecule has 0 aliphatic rings. The second kappa shape index (κ2) is 7.66. The van der Waals surface area contributed by atoms with Gasteiger partial charge in [0.2, 0.25) is 0 Å². The summed E-state index contributed by atoms with van der Waals surface area (Å²) in [5, 5.41) is 4.30. The molecule has 0 aliphatic heterocycles. The summed E-state index contributed by atoms with van der Waals surface area (Å²) in [4.78, 5) is 29.0. The Hall–Kier alpha value is -1.27. The molecule has 5 nitrogen and oxygen atoms in total. The monoisotopic (exact) mass is 376 g/mol. The number of hydroxylamine groups is 2. The van der Waals surface area contributed by atoms with Crippen LogP contribution < -0.4 is 5.32 Å². The van der Waals surface area contributed by atoms with E-state index in [-0.39, 0.29) is 12.5 Å². The molecule has 1 aromatic rings. The molecule has 0 fully saturated rings. The van der Waals surface area contributed by atoms with Crippen molar-refractivity contribution in [1.82, 2.24) is 10.4 Å². The van der Waals surface area contributed by atoms with Gasteiger partial charge in [-0.15, -0.1) is 0 Å². The van der Waals surface area contributed by atoms with Crippen molar-refractivity contribution in [1.29, 1.82) is 0 Å². The molecule has 1 aromatic carbocycles. The summed E-state index contributed by atoms with van der Waals surface area (Å²) in [5.41, 5.74) is -0.0169. The number of hydrogen-bond donors (Lipinski definition) is 1. The van der Waals surface area contributed by atoms with Gasteiger partial charge in [-0.2, -0.15) is 5.06 Å². The van der Waals surface area contributed by atoms with Crippen molar-refractivity contribution in [2.45, 2.75) is 20.4 Å². The van der Waals surface area contributed by atoms with Gasteiger partial charge in [-0.05, 0) is 11.6 Å². The van der Waals surface area contributed by atoms with E-state index < -0.39 is 11.5 Å². The Balaban J connectivity index is 3.00. The number of hydrogen-bond acceptors (Lipinski definition) is 3. The number of nitrogens with zero attached hydrogens (tertiary/aromatic N) is 1. The predicted octanol–water partition coefficient (Wildman–Crippen LogP) is 3.36. The number of amides is 2. The van der Waals surface area contributed by atoms with E-state index in [1.165, 1.54) is 7.05 Å². The zero-order valence-corrected chi connectivity index (χ0v) is 14.5. The van der Waals surface area contributed by atoms with E-state index in [9.17, 15) is 9.59 Å². The number of halogens is 2. The molecule has 0 aromatic heterocycles. The molecule has 0 aliphatic carbocycles. The number of alkyl halides is 1. The number of carbonyl (C=O) groups is 2. The second-order valence-electron chi connectivity index (χ2n) is 5.08. The fourth-order valence-electron chi connectivity index (χ4n) is 1.47. The highest BCUT2D eigenvalue weighted by molar-refractivity contribution is 9.09. The molecule has 0 heterocycles. The smallest absolute Gasteiger partial charge is 0.323 e. The summed E-state index contributed by atoms with van der Waals surface area (Å²) < 4.78 is 0. The third kappa shape index (κ3) is 4.89. The van der Waals surface area contributed by atoms with E-state index in [1.54, 1.807) is 38.1 Å². The van der Waals surface area contributed by atoms with Gasteiger partial charge in [0.1, 0.15) is 0 Å². The van der Waals surface area contributed by atoms with Crippen LogP contribution in [0, 0.1) is 5.41 Å². The summed E-state index contributed by atoms with van der Waals surface area (Å²) in [7, 11) is 1.43. The van der Waals surface area contributed by atoms with Crippen molar-refractivity contribution in [3.63, 3.8) is 0 Å². The van der Waals surface area contributed by atoms with Gasteiger partial charge in [-0.25, -0.2) is 4.79 Å². The molecule has 7 heteroatoms. The van der Waals surface area contributed by atoms with E-state index in [0.29, 0.717) is 15.9 Å². The predicted molar refractivity (Wildman–Crippen MR) is 85.1 cm³/mol. The summed E-state index contributed by atoms with van der Waals surface area (Å²) >= 11 is 9.38. The van der Waals surface area contributed by atoms with Gasteiger partial charge in [0.15, 0.2) is 0 Å². The maximum absolute atomic E-state index is 12.5. The Bertz CT molecular complexity index is 523. The Morgan fingerprint density at radius 1 is 1.38 bits per heavy atom. The third-order valence-electron chi connectivity index (χ3n) is 2.81. The fraction of sp³-hybridized carbons (Fsp3) is 0.429. The molecule has 1 N–H and O–H groups in total. The van der Waals surface area contributed by atoms with E-state index in [4.69, 9.17) is 16.4 Å². The maximum Gasteiger partial charge on any atom is 0.431 e. The minimum Gasteiger partial charge on any atom is -0.323 e. The number of benzene rings is 1. The van der Waals surface area contributed by atoms with E-state index in [0.717, 1.165) is 5.06 Å². The normalized spacial score (nSPS) is 10.9. The first-order chi connectivity index (χ1) is 9.81. The summed E-state index contributed by atoms with van der Waals surface area (Å²) in [6.07, 6.45) is -0.708. The molecule has 0 spiro atoms. The van der Waals surface area contributed by atoms with Crippen molar-refractivity contribution in [3.05, 3.63) is 34.9 Å². The van der Waals surface area contributed by atoms with Crippen LogP contribution in [0.15, 0.2) is 24.3 Å². The van der Waals surface area contributed by atoms with Crippen LogP contribution in [-0.2, 0) is 16.2 Å². The quantitative estimate of drug-likeness (QED) is 0.646. The van der Waals surface area contributed by atoms with Crippen LogP contribution in [-0.4, -0.2) is 29.4 Å². The van der Waals surface area contributed by atoms with Crippen molar-refractivity contribution in [2.24, 2.45) is 5.41 Å². The molecule has 1 rings (SSSR count). The largest absolute Gasteiger partial charge is 0.431 e.